The number of hydrogen-bond donors (Lipinski definition) is 3. The van der Waals surface area contributed by atoms with Crippen molar-refractivity contribution in [2.45, 2.75) is 19.2 Å². The van der Waals surface area contributed by atoms with Crippen LogP contribution in [0.15, 0.2) is 84.9 Å². The molecule has 0 bridgehead atoms. The van der Waals surface area contributed by atoms with Gasteiger partial charge in [0.05, 0.1) is 11.1 Å². The molecule has 190 valence electrons. The van der Waals surface area contributed by atoms with Crippen LogP contribution in [0.3, 0.4) is 0 Å². The van der Waals surface area contributed by atoms with Crippen molar-refractivity contribution in [3.8, 4) is 0 Å². The topological polar surface area (TPSA) is 121 Å². The first-order valence-electron chi connectivity index (χ1n) is 12.3. The summed E-state index contributed by atoms with van der Waals surface area (Å²) in [7, 11) is 0.142. The second-order valence-corrected chi connectivity index (χ2v) is 8.94. The highest BCUT2D eigenvalue weighted by atomic mass is 16.4. The van der Waals surface area contributed by atoms with Gasteiger partial charge in [-0.25, -0.2) is 9.59 Å². The van der Waals surface area contributed by atoms with Crippen molar-refractivity contribution < 1.29 is 29.4 Å². The molecule has 0 saturated heterocycles. The Morgan fingerprint density at radius 3 is 1.63 bits per heavy atom. The van der Waals surface area contributed by atoms with Crippen molar-refractivity contribution in [3.05, 3.63) is 118 Å². The number of hydrogen-bond acceptors (Lipinski definition) is 4. The maximum atomic E-state index is 13.3. The fourth-order valence-electron chi connectivity index (χ4n) is 4.57. The van der Waals surface area contributed by atoms with Crippen LogP contribution < -0.4 is 5.32 Å². The predicted molar refractivity (Wildman–Crippen MR) is 147 cm³/mol. The highest BCUT2D eigenvalue weighted by molar-refractivity contribution is 6.78. The fraction of sp³-hybridized carbons (Fsp3) is 0.133. The van der Waals surface area contributed by atoms with Crippen LogP contribution in [0, 0.1) is 0 Å². The molecule has 0 atom stereocenters. The number of carboxylic acid groups (broad SMARTS) is 2. The Morgan fingerprint density at radius 2 is 1.08 bits per heavy atom. The van der Waals surface area contributed by atoms with E-state index in [-0.39, 0.29) is 46.0 Å². The molecule has 7 nitrogen and oxygen atoms in total. The fourth-order valence-corrected chi connectivity index (χ4v) is 4.57. The Morgan fingerprint density at radius 1 is 0.605 bits per heavy atom. The van der Waals surface area contributed by atoms with Gasteiger partial charge in [0, 0.05) is 28.4 Å². The van der Waals surface area contributed by atoms with Gasteiger partial charge in [0.15, 0.2) is 0 Å². The molecule has 8 heteroatoms. The van der Waals surface area contributed by atoms with E-state index in [4.69, 9.17) is 0 Å². The molecule has 0 unspecified atom stereocenters. The summed E-state index contributed by atoms with van der Waals surface area (Å²) in [5, 5.41) is 22.5. The summed E-state index contributed by atoms with van der Waals surface area (Å²) >= 11 is 0. The summed E-state index contributed by atoms with van der Waals surface area (Å²) in [4.78, 5) is 50.7. The van der Waals surface area contributed by atoms with Gasteiger partial charge in [0.2, 0.25) is 7.28 Å². The second-order valence-electron chi connectivity index (χ2n) is 8.94. The standard InChI is InChI=1S/C30H26BNO6/c33-27(31-17-15-19-7-3-1-4-8-19)21-11-13-24(30(37)38)26-22(12-14-23(25(21)26)29(35)36)28(34)32-18-16-20-9-5-2-6-10-20/h1-14,31H,15-18H2,(H,32,34)(H,35,36)(H,37,38). The summed E-state index contributed by atoms with van der Waals surface area (Å²) in [5.41, 5.74) is 1.42. The van der Waals surface area contributed by atoms with Gasteiger partial charge < -0.3 is 20.3 Å². The Hall–Kier alpha value is -4.72. The molecular weight excluding hydrogens is 481 g/mol. The molecule has 0 fully saturated rings. The number of nitrogens with one attached hydrogen (secondary N) is 1. The van der Waals surface area contributed by atoms with Gasteiger partial charge in [-0.1, -0.05) is 73.1 Å². The van der Waals surface area contributed by atoms with E-state index < -0.39 is 17.8 Å². The second kappa shape index (κ2) is 12.0. The molecule has 4 rings (SSSR count). The lowest BCUT2D eigenvalue weighted by atomic mass is 9.65. The number of aromatic carboxylic acids is 2. The normalized spacial score (nSPS) is 10.6. The van der Waals surface area contributed by atoms with Gasteiger partial charge in [0.1, 0.15) is 5.68 Å². The SMILES string of the molecule is O=C(O)c1ccc(C(=O)NCCc2ccccc2)c2c(C(=O)O)ccc(C(=O)BCCc3ccccc3)c12. The predicted octanol–water partition coefficient (Wildman–Crippen LogP) is 4.45. The van der Waals surface area contributed by atoms with Crippen molar-refractivity contribution in [2.24, 2.45) is 0 Å². The maximum absolute atomic E-state index is 13.3. The molecule has 0 aliphatic carbocycles. The van der Waals surface area contributed by atoms with E-state index in [0.29, 0.717) is 25.7 Å². The largest absolute Gasteiger partial charge is 0.478 e. The highest BCUT2D eigenvalue weighted by Crippen LogP contribution is 2.31. The average molecular weight is 507 g/mol. The van der Waals surface area contributed by atoms with Crippen molar-refractivity contribution in [1.82, 2.24) is 5.32 Å². The molecule has 0 aromatic heterocycles. The molecule has 4 aromatic carbocycles. The van der Waals surface area contributed by atoms with Crippen LogP contribution in [0.25, 0.3) is 10.8 Å². The third-order valence-electron chi connectivity index (χ3n) is 6.42. The van der Waals surface area contributed by atoms with Crippen LogP contribution in [0.2, 0.25) is 6.32 Å². The summed E-state index contributed by atoms with van der Waals surface area (Å²) in [6, 6.07) is 24.4. The summed E-state index contributed by atoms with van der Waals surface area (Å²) < 4.78 is 0. The van der Waals surface area contributed by atoms with Gasteiger partial charge in [-0.2, -0.15) is 0 Å². The third-order valence-corrected chi connectivity index (χ3v) is 6.42. The number of rotatable bonds is 11. The molecular formula is C30H26BNO6. The Labute approximate surface area is 220 Å². The monoisotopic (exact) mass is 507 g/mol. The first kappa shape index (κ1) is 26.4. The molecule has 4 aromatic rings. The number of fused-ring (bicyclic) bond motifs is 1. The smallest absolute Gasteiger partial charge is 0.336 e. The number of benzene rings is 4. The number of amides is 1. The van der Waals surface area contributed by atoms with Gasteiger partial charge in [-0.3, -0.25) is 4.79 Å². The zero-order chi connectivity index (χ0) is 27.1. The molecule has 0 radical (unpaired) electrons. The van der Waals surface area contributed by atoms with E-state index in [1.807, 2.05) is 60.7 Å². The molecule has 3 N–H and O–H groups in total. The maximum Gasteiger partial charge on any atom is 0.336 e. The summed E-state index contributed by atoms with van der Waals surface area (Å²) in [5.74, 6) is -3.18. The number of carbonyl (C=O) groups excluding carboxylic acids is 2. The van der Waals surface area contributed by atoms with Crippen LogP contribution in [0.4, 0.5) is 0 Å². The van der Waals surface area contributed by atoms with Crippen molar-refractivity contribution in [3.63, 3.8) is 0 Å². The Balaban J connectivity index is 1.69. The third kappa shape index (κ3) is 5.98. The average Bonchev–Trinajstić information content (AvgIpc) is 2.92. The zero-order valence-corrected chi connectivity index (χ0v) is 20.6. The lowest BCUT2D eigenvalue weighted by molar-refractivity contribution is 0.0686. The molecule has 0 saturated carbocycles. The minimum absolute atomic E-state index is 0.00870. The van der Waals surface area contributed by atoms with E-state index >= 15 is 0 Å². The molecule has 0 spiro atoms. The van der Waals surface area contributed by atoms with Gasteiger partial charge in [-0.05, 0) is 42.2 Å². The van der Waals surface area contributed by atoms with E-state index in [1.54, 1.807) is 0 Å². The van der Waals surface area contributed by atoms with E-state index in [9.17, 15) is 29.4 Å². The van der Waals surface area contributed by atoms with Crippen molar-refractivity contribution in [2.75, 3.05) is 6.54 Å². The molecule has 0 aliphatic heterocycles. The van der Waals surface area contributed by atoms with E-state index in [0.717, 1.165) is 11.1 Å². The van der Waals surface area contributed by atoms with E-state index in [1.165, 1.54) is 24.3 Å². The van der Waals surface area contributed by atoms with Crippen molar-refractivity contribution in [1.29, 1.82) is 0 Å². The lowest BCUT2D eigenvalue weighted by Crippen LogP contribution is -2.26. The Bertz CT molecular complexity index is 1390. The minimum Gasteiger partial charge on any atom is -0.478 e. The quantitative estimate of drug-likeness (QED) is 0.258. The molecule has 1 amide bonds. The first-order chi connectivity index (χ1) is 18.4. The number of carbonyl (C=O) groups is 4. The van der Waals surface area contributed by atoms with Gasteiger partial charge in [0.25, 0.3) is 5.91 Å². The molecule has 38 heavy (non-hydrogen) atoms. The van der Waals surface area contributed by atoms with Crippen LogP contribution >= 0.6 is 0 Å². The zero-order valence-electron chi connectivity index (χ0n) is 20.6. The van der Waals surface area contributed by atoms with Crippen LogP contribution in [0.5, 0.6) is 0 Å². The van der Waals surface area contributed by atoms with Crippen molar-refractivity contribution >= 4 is 41.6 Å². The van der Waals surface area contributed by atoms with E-state index in [2.05, 4.69) is 5.32 Å². The number of aryl methyl sites for hydroxylation is 1. The molecule has 0 aliphatic rings. The molecule has 0 heterocycles. The van der Waals surface area contributed by atoms with Crippen LogP contribution in [-0.4, -0.2) is 47.6 Å². The van der Waals surface area contributed by atoms with Gasteiger partial charge >= 0.3 is 11.9 Å². The summed E-state index contributed by atoms with van der Waals surface area (Å²) in [6.45, 7) is 0.297. The van der Waals surface area contributed by atoms with Crippen LogP contribution in [-0.2, 0) is 12.8 Å². The van der Waals surface area contributed by atoms with Crippen LogP contribution in [0.1, 0.15) is 52.6 Å². The first-order valence-corrected chi connectivity index (χ1v) is 12.3. The lowest BCUT2D eigenvalue weighted by Gasteiger charge is -2.15. The summed E-state index contributed by atoms with van der Waals surface area (Å²) in [6.07, 6.45) is 1.76. The van der Waals surface area contributed by atoms with Gasteiger partial charge in [-0.15, -0.1) is 0 Å². The minimum atomic E-state index is -1.32. The number of carboxylic acids is 2. The highest BCUT2D eigenvalue weighted by Gasteiger charge is 2.25. The Kier molecular flexibility index (Phi) is 8.33.